The maximum Gasteiger partial charge on any atom is 0.342 e. The van der Waals surface area contributed by atoms with E-state index in [-0.39, 0.29) is 54.4 Å². The minimum atomic E-state index is -0.680. The highest BCUT2D eigenvalue weighted by atomic mass is 35.5. The van der Waals surface area contributed by atoms with Gasteiger partial charge in [-0.3, -0.25) is 9.63 Å². The van der Waals surface area contributed by atoms with E-state index in [9.17, 15) is 14.7 Å². The van der Waals surface area contributed by atoms with Crippen molar-refractivity contribution in [2.75, 3.05) is 39.7 Å². The van der Waals surface area contributed by atoms with Crippen LogP contribution in [-0.4, -0.2) is 67.6 Å². The Balaban J connectivity index is 1.83. The van der Waals surface area contributed by atoms with Crippen LogP contribution >= 0.6 is 11.6 Å². The second-order valence-electron chi connectivity index (χ2n) is 8.88. The van der Waals surface area contributed by atoms with Crippen LogP contribution in [0.1, 0.15) is 61.4 Å². The lowest BCUT2D eigenvalue weighted by Crippen LogP contribution is -2.40. The van der Waals surface area contributed by atoms with E-state index in [1.165, 1.54) is 6.07 Å². The molecule has 2 aliphatic rings. The fourth-order valence-corrected chi connectivity index (χ4v) is 4.46. The van der Waals surface area contributed by atoms with E-state index in [0.717, 1.165) is 45.2 Å². The summed E-state index contributed by atoms with van der Waals surface area (Å²) in [4.78, 5) is 32.9. The van der Waals surface area contributed by atoms with Crippen LogP contribution in [-0.2, 0) is 25.5 Å². The fraction of sp³-hybridized carbons (Fsp3) is 0.556. The van der Waals surface area contributed by atoms with Crippen molar-refractivity contribution in [2.24, 2.45) is 0 Å². The number of carbonyl (C=O) groups is 2. The number of allylic oxidation sites excluding steroid dienone is 2. The number of likely N-dealkylation sites (tertiary alicyclic amines) is 1. The third kappa shape index (κ3) is 9.03. The summed E-state index contributed by atoms with van der Waals surface area (Å²) in [5.74, 6) is -0.872. The molecule has 0 spiro atoms. The zero-order chi connectivity index (χ0) is 26.5. The lowest BCUT2D eigenvalue weighted by Gasteiger charge is -2.27. The molecule has 1 fully saturated rings. The normalized spacial score (nSPS) is 20.9. The first kappa shape index (κ1) is 29.0. The van der Waals surface area contributed by atoms with Crippen LogP contribution in [0.3, 0.4) is 0 Å². The maximum atomic E-state index is 13.0. The summed E-state index contributed by atoms with van der Waals surface area (Å²) in [5.41, 5.74) is 3.25. The van der Waals surface area contributed by atoms with Gasteiger partial charge < -0.3 is 24.2 Å². The van der Waals surface area contributed by atoms with Gasteiger partial charge in [0.1, 0.15) is 23.7 Å². The summed E-state index contributed by atoms with van der Waals surface area (Å²) in [7, 11) is 0. The number of rotatable bonds is 8. The Morgan fingerprint density at radius 3 is 2.73 bits per heavy atom. The summed E-state index contributed by atoms with van der Waals surface area (Å²) in [6.07, 6.45) is 13.4. The number of esters is 1. The number of nitrogens with zero attached hydrogens (tertiary/aromatic N) is 1. The summed E-state index contributed by atoms with van der Waals surface area (Å²) < 4.78 is 16.2. The molecule has 1 unspecified atom stereocenters. The van der Waals surface area contributed by atoms with Crippen molar-refractivity contribution in [1.82, 2.24) is 10.4 Å². The smallest absolute Gasteiger partial charge is 0.342 e. The Morgan fingerprint density at radius 1 is 1.19 bits per heavy atom. The predicted octanol–water partition coefficient (Wildman–Crippen LogP) is 4.32. The Bertz CT molecular complexity index is 961. The van der Waals surface area contributed by atoms with E-state index in [1.807, 2.05) is 36.1 Å². The highest BCUT2D eigenvalue weighted by Gasteiger charge is 2.26. The van der Waals surface area contributed by atoms with Gasteiger partial charge in [0.2, 0.25) is 0 Å². The molecule has 1 atom stereocenters. The molecule has 0 radical (unpaired) electrons. The van der Waals surface area contributed by atoms with Crippen LogP contribution in [0, 0.1) is 0 Å². The number of ether oxygens (including phenoxy) is 3. The number of fused-ring (bicyclic) bond motifs is 1. The van der Waals surface area contributed by atoms with Crippen LogP contribution in [0.5, 0.6) is 11.5 Å². The SMILES string of the molecule is CCOCOc1cc(O)c2c(c1Cl)CC(NOCC(=O)N1CCCCC1)/C=C/CC/C=C/CCOC2=O. The first-order valence-electron chi connectivity index (χ1n) is 12.9. The predicted molar refractivity (Wildman–Crippen MR) is 140 cm³/mol. The lowest BCUT2D eigenvalue weighted by molar-refractivity contribution is -0.140. The van der Waals surface area contributed by atoms with E-state index >= 15 is 0 Å². The van der Waals surface area contributed by atoms with Crippen LogP contribution in [0.2, 0.25) is 5.02 Å². The molecule has 1 amide bonds. The number of phenols is 1. The van der Waals surface area contributed by atoms with Crippen molar-refractivity contribution < 1.29 is 33.7 Å². The van der Waals surface area contributed by atoms with Crippen LogP contribution in [0.4, 0.5) is 0 Å². The quantitative estimate of drug-likeness (QED) is 0.166. The molecule has 0 saturated carbocycles. The van der Waals surface area contributed by atoms with Gasteiger partial charge in [-0.15, -0.1) is 0 Å². The number of halogens is 1. The van der Waals surface area contributed by atoms with Gasteiger partial charge in [-0.1, -0.05) is 35.9 Å². The zero-order valence-electron chi connectivity index (χ0n) is 21.4. The first-order valence-corrected chi connectivity index (χ1v) is 13.3. The first-order chi connectivity index (χ1) is 18.0. The monoisotopic (exact) mass is 536 g/mol. The average Bonchev–Trinajstić information content (AvgIpc) is 2.90. The van der Waals surface area contributed by atoms with Gasteiger partial charge >= 0.3 is 5.97 Å². The molecule has 1 saturated heterocycles. The standard InChI is InChI=1S/C27H37ClN2O7/c1-2-34-19-36-23-17-22(31)25-21(26(23)28)16-20(12-8-5-3-4-6-11-15-35-27(25)33)29-37-18-24(32)30-13-9-7-10-14-30/h4,6,8,12,17,20,29,31H,2-3,5,7,9-11,13-16,18-19H2,1H3/b6-4+,12-8+. The molecule has 3 rings (SSSR count). The van der Waals surface area contributed by atoms with Crippen molar-refractivity contribution in [2.45, 2.75) is 57.9 Å². The minimum absolute atomic E-state index is 0.0283. The van der Waals surface area contributed by atoms with Crippen LogP contribution in [0.25, 0.3) is 0 Å². The summed E-state index contributed by atoms with van der Waals surface area (Å²) in [6.45, 7) is 3.76. The molecule has 9 nitrogen and oxygen atoms in total. The summed E-state index contributed by atoms with van der Waals surface area (Å²) in [5, 5.41) is 10.9. The molecule has 2 heterocycles. The van der Waals surface area contributed by atoms with Gasteiger partial charge in [-0.2, -0.15) is 5.48 Å². The number of hydrogen-bond donors (Lipinski definition) is 2. The van der Waals surface area contributed by atoms with Gasteiger partial charge in [-0.05, 0) is 57.4 Å². The number of nitrogens with one attached hydrogen (secondary N) is 1. The molecule has 1 aromatic carbocycles. The van der Waals surface area contributed by atoms with E-state index in [4.69, 9.17) is 30.6 Å². The average molecular weight is 537 g/mol. The van der Waals surface area contributed by atoms with Gasteiger partial charge in [0.05, 0.1) is 17.7 Å². The van der Waals surface area contributed by atoms with E-state index in [1.54, 1.807) is 0 Å². The van der Waals surface area contributed by atoms with Gasteiger partial charge in [0.25, 0.3) is 5.91 Å². The number of aromatic hydroxyl groups is 1. The number of hydroxylamine groups is 1. The largest absolute Gasteiger partial charge is 0.507 e. The van der Waals surface area contributed by atoms with E-state index in [2.05, 4.69) is 5.48 Å². The van der Waals surface area contributed by atoms with Crippen molar-refractivity contribution in [3.05, 3.63) is 46.5 Å². The molecule has 0 bridgehead atoms. The van der Waals surface area contributed by atoms with E-state index < -0.39 is 12.0 Å². The molecule has 37 heavy (non-hydrogen) atoms. The Kier molecular flexibility index (Phi) is 12.2. The molecule has 204 valence electrons. The Morgan fingerprint density at radius 2 is 1.95 bits per heavy atom. The van der Waals surface area contributed by atoms with Crippen molar-refractivity contribution in [3.63, 3.8) is 0 Å². The topological polar surface area (TPSA) is 107 Å². The molecule has 10 heteroatoms. The van der Waals surface area contributed by atoms with Gasteiger partial charge in [0.15, 0.2) is 6.79 Å². The minimum Gasteiger partial charge on any atom is -0.507 e. The Hall–Kier alpha value is -2.59. The highest BCUT2D eigenvalue weighted by Crippen LogP contribution is 2.38. The highest BCUT2D eigenvalue weighted by molar-refractivity contribution is 6.33. The number of hydrogen-bond acceptors (Lipinski definition) is 8. The molecular weight excluding hydrogens is 500 g/mol. The summed E-state index contributed by atoms with van der Waals surface area (Å²) in [6, 6.07) is 0.836. The van der Waals surface area contributed by atoms with E-state index in [0.29, 0.717) is 18.6 Å². The number of cyclic esters (lactones) is 1. The van der Waals surface area contributed by atoms with Crippen molar-refractivity contribution in [1.29, 1.82) is 0 Å². The molecular formula is C27H37ClN2O7. The zero-order valence-corrected chi connectivity index (χ0v) is 22.1. The fourth-order valence-electron chi connectivity index (χ4n) is 4.18. The summed E-state index contributed by atoms with van der Waals surface area (Å²) >= 11 is 6.68. The molecule has 0 aromatic heterocycles. The lowest BCUT2D eigenvalue weighted by atomic mass is 9.98. The van der Waals surface area contributed by atoms with Gasteiger partial charge in [-0.25, -0.2) is 4.79 Å². The molecule has 1 aromatic rings. The third-order valence-electron chi connectivity index (χ3n) is 6.13. The number of phenolic OH excluding ortho intramolecular Hbond substituents is 1. The van der Waals surface area contributed by atoms with Crippen LogP contribution in [0.15, 0.2) is 30.4 Å². The third-order valence-corrected chi connectivity index (χ3v) is 6.54. The number of amides is 1. The second kappa shape index (κ2) is 15.6. The molecule has 0 aliphatic carbocycles. The second-order valence-corrected chi connectivity index (χ2v) is 9.25. The Labute approximate surface area is 223 Å². The van der Waals surface area contributed by atoms with Gasteiger partial charge in [0, 0.05) is 25.8 Å². The van der Waals surface area contributed by atoms with Crippen LogP contribution < -0.4 is 10.2 Å². The molecule has 2 aliphatic heterocycles. The number of benzene rings is 1. The number of carbonyl (C=O) groups excluding carboxylic acids is 2. The maximum absolute atomic E-state index is 13.0. The molecule has 2 N–H and O–H groups in total. The number of piperidine rings is 1. The van der Waals surface area contributed by atoms with Crippen molar-refractivity contribution in [3.8, 4) is 11.5 Å². The van der Waals surface area contributed by atoms with Crippen molar-refractivity contribution >= 4 is 23.5 Å².